The Morgan fingerprint density at radius 2 is 1.86 bits per heavy atom. The van der Waals surface area contributed by atoms with E-state index in [4.69, 9.17) is 34.8 Å². The van der Waals surface area contributed by atoms with Gasteiger partial charge in [-0.3, -0.25) is 15.1 Å². The maximum absolute atomic E-state index is 12.2. The Kier molecular flexibility index (Phi) is 6.03. The van der Waals surface area contributed by atoms with Crippen LogP contribution < -0.4 is 10.6 Å². The van der Waals surface area contributed by atoms with Gasteiger partial charge in [-0.1, -0.05) is 59.1 Å². The molecule has 0 radical (unpaired) electrons. The fourth-order valence-corrected chi connectivity index (χ4v) is 2.17. The molecule has 1 aromatic carbocycles. The van der Waals surface area contributed by atoms with Gasteiger partial charge in [0.25, 0.3) is 5.91 Å². The molecule has 1 aromatic heterocycles. The highest BCUT2D eigenvalue weighted by molar-refractivity contribution is 6.68. The smallest absolute Gasteiger partial charge is 0.252 e. The van der Waals surface area contributed by atoms with Crippen LogP contribution in [0.1, 0.15) is 15.9 Å². The molecule has 1 amide bonds. The standard InChI is InChI=1S/C15H14Cl3N3O/c16-15(17,18)14(20-10-11-5-4-8-19-9-11)21-13(22)12-6-2-1-3-7-12/h1-9,14,20H,10H2,(H,21,22)/t14-/m0/s1. The molecule has 4 nitrogen and oxygen atoms in total. The Labute approximate surface area is 143 Å². The van der Waals surface area contributed by atoms with Crippen molar-refractivity contribution in [2.45, 2.75) is 16.5 Å². The number of alkyl halides is 3. The van der Waals surface area contributed by atoms with Crippen molar-refractivity contribution >= 4 is 40.7 Å². The molecule has 116 valence electrons. The lowest BCUT2D eigenvalue weighted by Crippen LogP contribution is -2.53. The minimum absolute atomic E-state index is 0.324. The van der Waals surface area contributed by atoms with Crippen LogP contribution in [0, 0.1) is 0 Å². The molecule has 1 atom stereocenters. The Morgan fingerprint density at radius 1 is 1.14 bits per heavy atom. The SMILES string of the molecule is O=C(N[C@H](NCc1cccnc1)C(Cl)(Cl)Cl)c1ccccc1. The first kappa shape index (κ1) is 17.0. The fraction of sp³-hybridized carbons (Fsp3) is 0.200. The summed E-state index contributed by atoms with van der Waals surface area (Å²) < 4.78 is -1.69. The van der Waals surface area contributed by atoms with Crippen LogP contribution in [0.25, 0.3) is 0 Å². The summed E-state index contributed by atoms with van der Waals surface area (Å²) in [7, 11) is 0. The van der Waals surface area contributed by atoms with Gasteiger partial charge in [0.1, 0.15) is 6.17 Å². The number of nitrogens with zero attached hydrogens (tertiary/aromatic N) is 1. The summed E-state index contributed by atoms with van der Waals surface area (Å²) in [5.41, 5.74) is 1.40. The molecule has 2 N–H and O–H groups in total. The van der Waals surface area contributed by atoms with E-state index in [1.807, 2.05) is 18.2 Å². The van der Waals surface area contributed by atoms with Gasteiger partial charge in [-0.25, -0.2) is 0 Å². The van der Waals surface area contributed by atoms with Gasteiger partial charge in [0, 0.05) is 24.5 Å². The number of carbonyl (C=O) groups excluding carboxylic acids is 1. The molecular formula is C15H14Cl3N3O. The molecule has 0 unspecified atom stereocenters. The molecule has 22 heavy (non-hydrogen) atoms. The molecule has 2 aromatic rings. The Hall–Kier alpha value is -1.33. The van der Waals surface area contributed by atoms with Gasteiger partial charge < -0.3 is 5.32 Å². The molecular weight excluding hydrogens is 345 g/mol. The molecule has 2 rings (SSSR count). The third-order valence-electron chi connectivity index (χ3n) is 2.87. The average Bonchev–Trinajstić information content (AvgIpc) is 2.52. The van der Waals surface area contributed by atoms with Crippen molar-refractivity contribution in [1.82, 2.24) is 15.6 Å². The predicted molar refractivity (Wildman–Crippen MR) is 89.1 cm³/mol. The van der Waals surface area contributed by atoms with Crippen molar-refractivity contribution in [2.75, 3.05) is 0 Å². The zero-order chi connectivity index (χ0) is 16.0. The van der Waals surface area contributed by atoms with Crippen molar-refractivity contribution in [3.05, 3.63) is 66.0 Å². The van der Waals surface area contributed by atoms with Crippen molar-refractivity contribution in [3.63, 3.8) is 0 Å². The first-order chi connectivity index (χ1) is 10.5. The van der Waals surface area contributed by atoms with E-state index in [-0.39, 0.29) is 5.91 Å². The third kappa shape index (κ3) is 5.14. The highest BCUT2D eigenvalue weighted by atomic mass is 35.6. The molecule has 1 heterocycles. The minimum Gasteiger partial charge on any atom is -0.333 e. The number of benzene rings is 1. The molecule has 7 heteroatoms. The lowest BCUT2D eigenvalue weighted by atomic mass is 10.2. The minimum atomic E-state index is -1.69. The summed E-state index contributed by atoms with van der Waals surface area (Å²) in [6.07, 6.45) is 2.53. The summed E-state index contributed by atoms with van der Waals surface area (Å²) in [5.74, 6) is -0.324. The maximum atomic E-state index is 12.2. The summed E-state index contributed by atoms with van der Waals surface area (Å²) >= 11 is 17.8. The zero-order valence-electron chi connectivity index (χ0n) is 11.5. The number of nitrogens with one attached hydrogen (secondary N) is 2. The van der Waals surface area contributed by atoms with Crippen LogP contribution in [0.15, 0.2) is 54.9 Å². The summed E-state index contributed by atoms with van der Waals surface area (Å²) in [6, 6.07) is 12.4. The van der Waals surface area contributed by atoms with Crippen LogP contribution >= 0.6 is 34.8 Å². The van der Waals surface area contributed by atoms with Gasteiger partial charge in [-0.05, 0) is 23.8 Å². The van der Waals surface area contributed by atoms with Crippen molar-refractivity contribution in [3.8, 4) is 0 Å². The highest BCUT2D eigenvalue weighted by Crippen LogP contribution is 2.29. The van der Waals surface area contributed by atoms with E-state index < -0.39 is 9.96 Å². The predicted octanol–water partition coefficient (Wildman–Crippen LogP) is 3.30. The number of hydrogen-bond donors (Lipinski definition) is 2. The first-order valence-corrected chi connectivity index (χ1v) is 7.65. The Morgan fingerprint density at radius 3 is 2.45 bits per heavy atom. The van der Waals surface area contributed by atoms with E-state index in [0.717, 1.165) is 5.56 Å². The lowest BCUT2D eigenvalue weighted by Gasteiger charge is -2.26. The van der Waals surface area contributed by atoms with Crippen LogP contribution in [0.4, 0.5) is 0 Å². The van der Waals surface area contributed by atoms with Crippen molar-refractivity contribution in [2.24, 2.45) is 0 Å². The van der Waals surface area contributed by atoms with Crippen LogP contribution in [0.5, 0.6) is 0 Å². The topological polar surface area (TPSA) is 54.0 Å². The third-order valence-corrected chi connectivity index (χ3v) is 3.53. The van der Waals surface area contributed by atoms with E-state index in [2.05, 4.69) is 15.6 Å². The van der Waals surface area contributed by atoms with Crippen molar-refractivity contribution < 1.29 is 4.79 Å². The molecule has 0 saturated heterocycles. The fourth-order valence-electron chi connectivity index (χ4n) is 1.78. The second-order valence-corrected chi connectivity index (χ2v) is 6.93. The Balaban J connectivity index is 2.02. The first-order valence-electron chi connectivity index (χ1n) is 6.52. The van der Waals surface area contributed by atoms with Gasteiger partial charge in [-0.2, -0.15) is 0 Å². The van der Waals surface area contributed by atoms with E-state index in [1.165, 1.54) is 0 Å². The number of carbonyl (C=O) groups is 1. The maximum Gasteiger partial charge on any atom is 0.252 e. The van der Waals surface area contributed by atoms with Crippen molar-refractivity contribution in [1.29, 1.82) is 0 Å². The molecule has 0 aliphatic heterocycles. The van der Waals surface area contributed by atoms with Crippen LogP contribution in [0.3, 0.4) is 0 Å². The van der Waals surface area contributed by atoms with Crippen LogP contribution in [-0.2, 0) is 6.54 Å². The number of aromatic nitrogens is 1. The van der Waals surface area contributed by atoms with E-state index >= 15 is 0 Å². The number of halogens is 3. The molecule has 0 aliphatic rings. The summed E-state index contributed by atoms with van der Waals surface area (Å²) in [4.78, 5) is 16.2. The molecule has 0 fully saturated rings. The van der Waals surface area contributed by atoms with E-state index in [9.17, 15) is 4.79 Å². The Bertz CT molecular complexity index is 602. The monoisotopic (exact) mass is 357 g/mol. The molecule has 0 aliphatic carbocycles. The zero-order valence-corrected chi connectivity index (χ0v) is 13.7. The summed E-state index contributed by atoms with van der Waals surface area (Å²) in [6.45, 7) is 0.404. The van der Waals surface area contributed by atoms with Gasteiger partial charge in [-0.15, -0.1) is 0 Å². The van der Waals surface area contributed by atoms with E-state index in [1.54, 1.807) is 36.7 Å². The van der Waals surface area contributed by atoms with Crippen LogP contribution in [0.2, 0.25) is 0 Å². The van der Waals surface area contributed by atoms with Gasteiger partial charge >= 0.3 is 0 Å². The molecule has 0 bridgehead atoms. The number of pyridine rings is 1. The second kappa shape index (κ2) is 7.79. The quantitative estimate of drug-likeness (QED) is 0.637. The van der Waals surface area contributed by atoms with Crippen LogP contribution in [-0.4, -0.2) is 20.8 Å². The highest BCUT2D eigenvalue weighted by Gasteiger charge is 2.33. The number of hydrogen-bond acceptors (Lipinski definition) is 3. The second-order valence-electron chi connectivity index (χ2n) is 4.56. The van der Waals surface area contributed by atoms with Gasteiger partial charge in [0.05, 0.1) is 0 Å². The lowest BCUT2D eigenvalue weighted by molar-refractivity contribution is 0.0929. The molecule has 0 spiro atoms. The largest absolute Gasteiger partial charge is 0.333 e. The number of amides is 1. The number of rotatable bonds is 5. The molecule has 0 saturated carbocycles. The van der Waals surface area contributed by atoms with Gasteiger partial charge in [0.15, 0.2) is 0 Å². The van der Waals surface area contributed by atoms with Gasteiger partial charge in [0.2, 0.25) is 3.79 Å². The van der Waals surface area contributed by atoms with E-state index in [0.29, 0.717) is 12.1 Å². The normalized spacial score (nSPS) is 12.7. The summed E-state index contributed by atoms with van der Waals surface area (Å²) in [5, 5.41) is 5.69. The average molecular weight is 359 g/mol.